The molecule has 0 aliphatic rings. The molecule has 0 amide bonds. The molecule has 0 N–H and O–H groups in total. The van der Waals surface area contributed by atoms with Gasteiger partial charge >= 0.3 is 26.2 Å². The van der Waals surface area contributed by atoms with Crippen LogP contribution in [0.1, 0.15) is 6.92 Å². The van der Waals surface area contributed by atoms with Gasteiger partial charge in [0.15, 0.2) is 0 Å². The minimum absolute atomic E-state index is 0. The van der Waals surface area contributed by atoms with Crippen molar-refractivity contribution in [1.29, 1.82) is 0 Å². The molecule has 0 atom stereocenters. The second-order valence-corrected chi connectivity index (χ2v) is 0. The summed E-state index contributed by atoms with van der Waals surface area (Å²) in [5.74, 6) is 0. The molecule has 0 aromatic rings. The molecule has 0 saturated heterocycles. The van der Waals surface area contributed by atoms with E-state index in [1.807, 2.05) is 0 Å². The van der Waals surface area contributed by atoms with Crippen molar-refractivity contribution in [3.05, 3.63) is 6.92 Å². The zero-order valence-corrected chi connectivity index (χ0v) is 5.80. The molecule has 0 fully saturated rings. The molecule has 24 valence electrons. The Bertz CT molecular complexity index is 6.00. The SMILES string of the molecule is [CH2-]C.[Cl-].[Zr+2]. The van der Waals surface area contributed by atoms with E-state index in [4.69, 9.17) is 0 Å². The second-order valence-electron chi connectivity index (χ2n) is 0. The molecule has 0 unspecified atom stereocenters. The predicted octanol–water partition coefficient (Wildman–Crippen LogP) is -2.16. The van der Waals surface area contributed by atoms with Crippen LogP contribution in [-0.4, -0.2) is 0 Å². The summed E-state index contributed by atoms with van der Waals surface area (Å²) in [4.78, 5) is 0. The quantitative estimate of drug-likeness (QED) is 0.350. The van der Waals surface area contributed by atoms with Gasteiger partial charge in [0.2, 0.25) is 0 Å². The van der Waals surface area contributed by atoms with Crippen molar-refractivity contribution in [3.8, 4) is 0 Å². The summed E-state index contributed by atoms with van der Waals surface area (Å²) < 4.78 is 0. The summed E-state index contributed by atoms with van der Waals surface area (Å²) in [5, 5.41) is 0. The van der Waals surface area contributed by atoms with Crippen LogP contribution in [0.3, 0.4) is 0 Å². The molecule has 0 rings (SSSR count). The molecule has 0 nitrogen and oxygen atoms in total. The molecule has 0 saturated carbocycles. The van der Waals surface area contributed by atoms with E-state index in [1.165, 1.54) is 0 Å². The van der Waals surface area contributed by atoms with E-state index in [-0.39, 0.29) is 38.6 Å². The van der Waals surface area contributed by atoms with Crippen molar-refractivity contribution < 1.29 is 38.6 Å². The van der Waals surface area contributed by atoms with Crippen molar-refractivity contribution in [1.82, 2.24) is 0 Å². The molecule has 0 aromatic carbocycles. The average molecular weight is 156 g/mol. The van der Waals surface area contributed by atoms with Crippen molar-refractivity contribution in [2.45, 2.75) is 6.92 Å². The fourth-order valence-electron chi connectivity index (χ4n) is 0. The number of halogens is 1. The van der Waals surface area contributed by atoms with Crippen molar-refractivity contribution in [3.63, 3.8) is 0 Å². The van der Waals surface area contributed by atoms with Crippen LogP contribution in [0.2, 0.25) is 0 Å². The molecule has 0 aromatic heterocycles. The summed E-state index contributed by atoms with van der Waals surface area (Å²) in [6.07, 6.45) is 0. The predicted molar refractivity (Wildman–Crippen MR) is 11.0 cm³/mol. The van der Waals surface area contributed by atoms with Crippen LogP contribution in [0.4, 0.5) is 0 Å². The van der Waals surface area contributed by atoms with Crippen LogP contribution in [-0.2, 0) is 26.2 Å². The first-order valence-electron chi connectivity index (χ1n) is 0.707. The van der Waals surface area contributed by atoms with E-state index in [9.17, 15) is 0 Å². The standard InChI is InChI=1S/C2H5.ClH.Zr/c1-2;;/h1H2,2H3;1H;/q-1;;+2/p-1. The first-order chi connectivity index (χ1) is 1.00. The largest absolute Gasteiger partial charge is 2.00 e. The maximum absolute atomic E-state index is 3.25. The smallest absolute Gasteiger partial charge is 1.00 e. The summed E-state index contributed by atoms with van der Waals surface area (Å²) in [6, 6.07) is 0. The van der Waals surface area contributed by atoms with E-state index in [2.05, 4.69) is 6.92 Å². The summed E-state index contributed by atoms with van der Waals surface area (Å²) in [6.45, 7) is 5.00. The van der Waals surface area contributed by atoms with Gasteiger partial charge in [-0.15, -0.1) is 0 Å². The molecule has 4 heavy (non-hydrogen) atoms. The van der Waals surface area contributed by atoms with Crippen LogP contribution in [0.5, 0.6) is 0 Å². The minimum Gasteiger partial charge on any atom is -1.00 e. The minimum atomic E-state index is 0. The third kappa shape index (κ3) is 10.9. The number of hydrogen-bond acceptors (Lipinski definition) is 0. The van der Waals surface area contributed by atoms with Gasteiger partial charge in [-0.2, -0.15) is 6.92 Å². The van der Waals surface area contributed by atoms with Crippen LogP contribution < -0.4 is 12.4 Å². The topological polar surface area (TPSA) is 0 Å². The van der Waals surface area contributed by atoms with E-state index in [0.717, 1.165) is 0 Å². The molecule has 0 radical (unpaired) electrons. The third-order valence-electron chi connectivity index (χ3n) is 0. The Hall–Kier alpha value is 1.17. The average Bonchev–Trinajstić information content (AvgIpc) is 1.00. The molecule has 0 aliphatic carbocycles. The monoisotopic (exact) mass is 154 g/mol. The zero-order chi connectivity index (χ0) is 2.00. The molecule has 0 aliphatic heterocycles. The fraction of sp³-hybridized carbons (Fsp3) is 0.500. The maximum atomic E-state index is 3.25. The van der Waals surface area contributed by atoms with Crippen LogP contribution >= 0.6 is 0 Å². The van der Waals surface area contributed by atoms with Crippen molar-refractivity contribution in [2.24, 2.45) is 0 Å². The van der Waals surface area contributed by atoms with Gasteiger partial charge in [0.25, 0.3) is 0 Å². The maximum Gasteiger partial charge on any atom is 2.00 e. The second kappa shape index (κ2) is 30.5. The summed E-state index contributed by atoms with van der Waals surface area (Å²) in [7, 11) is 0. The first-order valence-corrected chi connectivity index (χ1v) is 0.707. The number of rotatable bonds is 0. The third-order valence-corrected chi connectivity index (χ3v) is 0. The molecule has 2 heteroatoms. The van der Waals surface area contributed by atoms with Gasteiger partial charge in [-0.25, -0.2) is 0 Å². The molecular weight excluding hydrogens is 151 g/mol. The van der Waals surface area contributed by atoms with Gasteiger partial charge < -0.3 is 19.3 Å². The van der Waals surface area contributed by atoms with Gasteiger partial charge in [-0.05, 0) is 0 Å². The zero-order valence-electron chi connectivity index (χ0n) is 2.59. The molecule has 0 bridgehead atoms. The van der Waals surface area contributed by atoms with Crippen LogP contribution in [0.15, 0.2) is 0 Å². The Morgan fingerprint density at radius 3 is 1.25 bits per heavy atom. The first kappa shape index (κ1) is 19.1. The summed E-state index contributed by atoms with van der Waals surface area (Å²) in [5.41, 5.74) is 0. The van der Waals surface area contributed by atoms with E-state index >= 15 is 0 Å². The normalized spacial score (nSPS) is 1.50. The fourth-order valence-corrected chi connectivity index (χ4v) is 0. The van der Waals surface area contributed by atoms with Gasteiger partial charge in [0, 0.05) is 0 Å². The Labute approximate surface area is 52.5 Å². The van der Waals surface area contributed by atoms with Crippen molar-refractivity contribution >= 4 is 0 Å². The van der Waals surface area contributed by atoms with Gasteiger partial charge in [-0.1, -0.05) is 0 Å². The molecular formula is C2H5ClZr. The molecule has 0 spiro atoms. The van der Waals surface area contributed by atoms with Crippen molar-refractivity contribution in [2.75, 3.05) is 0 Å². The Morgan fingerprint density at radius 1 is 1.25 bits per heavy atom. The van der Waals surface area contributed by atoms with Gasteiger partial charge in [0.05, 0.1) is 0 Å². The van der Waals surface area contributed by atoms with Crippen LogP contribution in [0.25, 0.3) is 0 Å². The Balaban J connectivity index is -0.00000000500. The summed E-state index contributed by atoms with van der Waals surface area (Å²) >= 11 is 0. The van der Waals surface area contributed by atoms with E-state index < -0.39 is 0 Å². The van der Waals surface area contributed by atoms with Gasteiger partial charge in [0.1, 0.15) is 0 Å². The van der Waals surface area contributed by atoms with E-state index in [1.54, 1.807) is 6.92 Å². The Kier molecular flexibility index (Phi) is 146. The van der Waals surface area contributed by atoms with E-state index in [0.29, 0.717) is 0 Å². The molecule has 0 heterocycles. The Morgan fingerprint density at radius 2 is 1.25 bits per heavy atom. The van der Waals surface area contributed by atoms with Gasteiger partial charge in [-0.3, -0.25) is 0 Å². The van der Waals surface area contributed by atoms with Crippen LogP contribution in [0, 0.1) is 6.92 Å². The number of hydrogen-bond donors (Lipinski definition) is 0.